The number of aliphatic imine (C=N–C) groups is 1. The molecule has 3 unspecified atom stereocenters. The van der Waals surface area contributed by atoms with Gasteiger partial charge in [-0.25, -0.2) is 4.99 Å². The number of ether oxygens (including phenoxy) is 1. The number of halogens is 1. The number of carbonyl (C=O) groups is 2. The number of likely N-dealkylation sites (N-methyl/N-ethyl adjacent to an activating group) is 1. The summed E-state index contributed by atoms with van der Waals surface area (Å²) in [6.45, 7) is 9.25. The number of hydrogen-bond donors (Lipinski definition) is 0. The molecule has 2 bridgehead atoms. The summed E-state index contributed by atoms with van der Waals surface area (Å²) in [5, 5.41) is 0. The molecule has 0 aromatic heterocycles. The van der Waals surface area contributed by atoms with E-state index >= 15 is 0 Å². The Morgan fingerprint density at radius 2 is 1.78 bits per heavy atom. The topological polar surface area (TPSA) is 71.9 Å². The Morgan fingerprint density at radius 3 is 2.53 bits per heavy atom. The number of rotatable bonds is 7. The van der Waals surface area contributed by atoms with Crippen LogP contribution in [-0.2, 0) is 27.3 Å². The molecule has 2 amide bonds. The van der Waals surface area contributed by atoms with Crippen LogP contribution in [0.25, 0.3) is 0 Å². The predicted octanol–water partition coefficient (Wildman–Crippen LogP) is 4.40. The summed E-state index contributed by atoms with van der Waals surface area (Å²) in [7, 11) is 2.19. The lowest BCUT2D eigenvalue weighted by atomic mass is 9.89. The van der Waals surface area contributed by atoms with Crippen LogP contribution in [0.2, 0.25) is 0 Å². The zero-order valence-electron chi connectivity index (χ0n) is 26.5. The number of fused-ring (bicyclic) bond motifs is 3. The van der Waals surface area contributed by atoms with E-state index in [2.05, 4.69) is 62.8 Å². The van der Waals surface area contributed by atoms with Gasteiger partial charge in [-0.15, -0.1) is 0 Å². The van der Waals surface area contributed by atoms with E-state index in [0.717, 1.165) is 91.8 Å². The fraction of sp³-hybridized carbons (Fsp3) is 0.571. The van der Waals surface area contributed by atoms with E-state index < -0.39 is 11.8 Å². The molecular weight excluding hydrogens is 632 g/mol. The van der Waals surface area contributed by atoms with Gasteiger partial charge in [-0.05, 0) is 68.5 Å². The fourth-order valence-electron chi connectivity index (χ4n) is 7.92. The van der Waals surface area contributed by atoms with E-state index in [1.807, 2.05) is 40.4 Å². The third-order valence-corrected chi connectivity index (χ3v) is 11.6. The van der Waals surface area contributed by atoms with Crippen LogP contribution in [0.15, 0.2) is 51.9 Å². The number of piperazine rings is 1. The first-order valence-electron chi connectivity index (χ1n) is 16.6. The van der Waals surface area contributed by atoms with Crippen molar-refractivity contribution >= 4 is 39.8 Å². The summed E-state index contributed by atoms with van der Waals surface area (Å²) in [6, 6.07) is 14.9. The molecule has 6 aliphatic heterocycles. The van der Waals surface area contributed by atoms with Crippen LogP contribution in [0.1, 0.15) is 48.8 Å². The summed E-state index contributed by atoms with van der Waals surface area (Å²) in [6.07, 6.45) is 6.27. The molecule has 8 rings (SSSR count). The van der Waals surface area contributed by atoms with Crippen molar-refractivity contribution in [2.24, 2.45) is 10.9 Å². The lowest BCUT2D eigenvalue weighted by Crippen LogP contribution is -2.75. The second-order valence-corrected chi connectivity index (χ2v) is 14.5. The molecule has 2 aromatic rings. The second kappa shape index (κ2) is 12.8. The molecule has 0 radical (unpaired) electrons. The number of likely N-dealkylation sites (tertiary alicyclic amines) is 1. The van der Waals surface area contributed by atoms with Crippen LogP contribution in [-0.4, -0.2) is 114 Å². The first-order valence-corrected chi connectivity index (χ1v) is 17.4. The Hall–Kier alpha value is -2.79. The normalized spacial score (nSPS) is 26.4. The summed E-state index contributed by atoms with van der Waals surface area (Å²) < 4.78 is 7.51. The number of para-hydroxylation sites is 1. The molecule has 240 valence electrons. The van der Waals surface area contributed by atoms with Gasteiger partial charge in [-0.1, -0.05) is 46.3 Å². The van der Waals surface area contributed by atoms with Gasteiger partial charge in [-0.2, -0.15) is 0 Å². The number of piperidine rings is 2. The van der Waals surface area contributed by atoms with Crippen LogP contribution in [0.5, 0.6) is 0 Å². The van der Waals surface area contributed by atoms with Gasteiger partial charge >= 0.3 is 0 Å². The smallest absolute Gasteiger partial charge is 0.227 e. The quantitative estimate of drug-likeness (QED) is 0.433. The Balaban J connectivity index is 1.07. The average molecular weight is 678 g/mol. The highest BCUT2D eigenvalue weighted by molar-refractivity contribution is 9.10. The minimum atomic E-state index is -0.834. The highest BCUT2D eigenvalue weighted by atomic mass is 79.9. The number of nitrogens with zero attached hydrogens (tertiary/aromatic N) is 6. The van der Waals surface area contributed by atoms with E-state index in [4.69, 9.17) is 9.73 Å². The van der Waals surface area contributed by atoms with Crippen LogP contribution in [0.3, 0.4) is 0 Å². The summed E-state index contributed by atoms with van der Waals surface area (Å²) in [5.41, 5.74) is 4.30. The van der Waals surface area contributed by atoms with Gasteiger partial charge in [0.15, 0.2) is 0 Å². The Kier molecular flexibility index (Phi) is 8.76. The summed E-state index contributed by atoms with van der Waals surface area (Å²) in [5.74, 6) is -1.17. The molecule has 3 atom stereocenters. The van der Waals surface area contributed by atoms with E-state index in [9.17, 15) is 9.59 Å². The molecule has 6 heterocycles. The van der Waals surface area contributed by atoms with Crippen molar-refractivity contribution < 1.29 is 14.3 Å². The van der Waals surface area contributed by atoms with Gasteiger partial charge in [0, 0.05) is 69.2 Å². The standard InChI is InChI=1S/C35H45BrN6O3/c1-25-19-26(7-8-31(25)36)20-28(34(44)40-12-9-29(10-13-40)39-17-15-38(2)16-18-39)21-33(43)42-14-11-30-22-35(42,45-30)41-23-27-5-3-4-6-32(27)37-24-41/h3-8,19,24,28-30H,9-18,20-23H2,1-2H3. The minimum Gasteiger partial charge on any atom is -0.342 e. The van der Waals surface area contributed by atoms with Crippen molar-refractivity contribution in [3.8, 4) is 0 Å². The lowest BCUT2D eigenvalue weighted by molar-refractivity contribution is -0.354. The minimum absolute atomic E-state index is 0.0140. The summed E-state index contributed by atoms with van der Waals surface area (Å²) >= 11 is 3.61. The third-order valence-electron chi connectivity index (χ3n) is 10.7. The first kappa shape index (κ1) is 30.8. The molecule has 0 spiro atoms. The van der Waals surface area contributed by atoms with E-state index in [1.54, 1.807) is 0 Å². The van der Waals surface area contributed by atoms with Crippen LogP contribution in [0, 0.1) is 12.8 Å². The van der Waals surface area contributed by atoms with Gasteiger partial charge < -0.3 is 19.4 Å². The molecule has 45 heavy (non-hydrogen) atoms. The Morgan fingerprint density at radius 1 is 1.02 bits per heavy atom. The molecule has 6 aliphatic rings. The van der Waals surface area contributed by atoms with Gasteiger partial charge in [-0.3, -0.25) is 19.4 Å². The zero-order chi connectivity index (χ0) is 31.1. The zero-order valence-corrected chi connectivity index (χ0v) is 28.1. The number of amides is 2. The molecule has 0 N–H and O–H groups in total. The van der Waals surface area contributed by atoms with Crippen molar-refractivity contribution in [1.82, 2.24) is 24.5 Å². The number of hydrogen-bond acceptors (Lipinski definition) is 7. The van der Waals surface area contributed by atoms with Crippen molar-refractivity contribution in [3.05, 3.63) is 63.6 Å². The largest absolute Gasteiger partial charge is 0.342 e. The molecule has 0 aliphatic carbocycles. The fourth-order valence-corrected chi connectivity index (χ4v) is 8.17. The second-order valence-electron chi connectivity index (χ2n) is 13.6. The Labute approximate surface area is 275 Å². The number of carbonyl (C=O) groups excluding carboxylic acids is 2. The number of benzene rings is 2. The molecule has 10 heteroatoms. The first-order chi connectivity index (χ1) is 21.8. The molecule has 2 aromatic carbocycles. The molecule has 0 saturated carbocycles. The van der Waals surface area contributed by atoms with E-state index in [1.165, 1.54) is 0 Å². The molecule has 5 saturated heterocycles. The van der Waals surface area contributed by atoms with Gasteiger partial charge in [0.1, 0.15) is 0 Å². The van der Waals surface area contributed by atoms with Crippen LogP contribution in [0.4, 0.5) is 5.69 Å². The maximum Gasteiger partial charge on any atom is 0.227 e. The van der Waals surface area contributed by atoms with Crippen molar-refractivity contribution in [1.29, 1.82) is 0 Å². The molecular formula is C35H45BrN6O3. The summed E-state index contributed by atoms with van der Waals surface area (Å²) in [4.78, 5) is 44.3. The van der Waals surface area contributed by atoms with Crippen LogP contribution >= 0.6 is 15.9 Å². The van der Waals surface area contributed by atoms with Crippen LogP contribution < -0.4 is 0 Å². The highest BCUT2D eigenvalue weighted by Gasteiger charge is 2.59. The monoisotopic (exact) mass is 676 g/mol. The van der Waals surface area contributed by atoms with Gasteiger partial charge in [0.2, 0.25) is 17.7 Å². The molecule has 9 nitrogen and oxygen atoms in total. The average Bonchev–Trinajstić information content (AvgIpc) is 3.05. The predicted molar refractivity (Wildman–Crippen MR) is 178 cm³/mol. The third kappa shape index (κ3) is 6.19. The maximum absolute atomic E-state index is 14.3. The van der Waals surface area contributed by atoms with E-state index in [-0.39, 0.29) is 24.3 Å². The maximum atomic E-state index is 14.3. The molecule has 5 fully saturated rings. The van der Waals surface area contributed by atoms with Gasteiger partial charge in [0.25, 0.3) is 0 Å². The van der Waals surface area contributed by atoms with Crippen molar-refractivity contribution in [2.75, 3.05) is 52.9 Å². The van der Waals surface area contributed by atoms with E-state index in [0.29, 0.717) is 25.6 Å². The number of aryl methyl sites for hydroxylation is 1. The van der Waals surface area contributed by atoms with Crippen molar-refractivity contribution in [2.45, 2.75) is 70.0 Å². The van der Waals surface area contributed by atoms with Gasteiger partial charge in [0.05, 0.1) is 30.6 Å². The van der Waals surface area contributed by atoms with Crippen molar-refractivity contribution in [3.63, 3.8) is 0 Å². The Bertz CT molecular complexity index is 1440. The SMILES string of the molecule is Cc1cc(CC(CC(=O)N2CCC3CC2(N2C=Nc4ccccc4C2)O3)C(=O)N2CCC(N3CCN(C)CC3)CC2)ccc1Br. The lowest BCUT2D eigenvalue weighted by Gasteiger charge is -2.62. The highest BCUT2D eigenvalue weighted by Crippen LogP contribution is 2.47.